The summed E-state index contributed by atoms with van der Waals surface area (Å²) in [4.78, 5) is 14.2. The number of amides is 2. The normalized spacial score (nSPS) is 17.5. The van der Waals surface area contributed by atoms with E-state index in [0.29, 0.717) is 13.1 Å². The molecule has 2 aromatic rings. The summed E-state index contributed by atoms with van der Waals surface area (Å²) in [5.74, 6) is 0.466. The molecule has 0 radical (unpaired) electrons. The summed E-state index contributed by atoms with van der Waals surface area (Å²) in [7, 11) is 0. The molecule has 1 N–H and O–H groups in total. The number of rotatable bonds is 4. The summed E-state index contributed by atoms with van der Waals surface area (Å²) in [6, 6.07) is 7.85. The molecule has 6 heteroatoms. The molecular formula is C17H20FN3O2. The van der Waals surface area contributed by atoms with Crippen LogP contribution in [0.3, 0.4) is 0 Å². The number of halogens is 1. The van der Waals surface area contributed by atoms with Crippen molar-refractivity contribution in [3.63, 3.8) is 0 Å². The van der Waals surface area contributed by atoms with Crippen molar-refractivity contribution >= 4 is 6.03 Å². The number of aryl methyl sites for hydroxylation is 1. The van der Waals surface area contributed by atoms with Gasteiger partial charge in [0.1, 0.15) is 5.82 Å². The molecule has 1 saturated heterocycles. The smallest absolute Gasteiger partial charge is 0.318 e. The third kappa shape index (κ3) is 3.52. The highest BCUT2D eigenvalue weighted by atomic mass is 19.1. The van der Waals surface area contributed by atoms with Gasteiger partial charge in [0.05, 0.1) is 11.7 Å². The zero-order valence-electron chi connectivity index (χ0n) is 13.1. The Morgan fingerprint density at radius 3 is 2.91 bits per heavy atom. The van der Waals surface area contributed by atoms with Gasteiger partial charge < -0.3 is 14.7 Å². The van der Waals surface area contributed by atoms with Crippen LogP contribution in [0, 0.1) is 5.82 Å². The molecule has 1 unspecified atom stereocenters. The Labute approximate surface area is 134 Å². The number of hydrogen-bond donors (Lipinski definition) is 1. The molecule has 1 aliphatic rings. The van der Waals surface area contributed by atoms with Gasteiger partial charge in [-0.15, -0.1) is 0 Å². The Morgan fingerprint density at radius 2 is 2.22 bits per heavy atom. The zero-order chi connectivity index (χ0) is 16.2. The Bertz CT molecular complexity index is 669. The molecule has 5 nitrogen and oxygen atoms in total. The van der Waals surface area contributed by atoms with E-state index in [-0.39, 0.29) is 17.9 Å². The summed E-state index contributed by atoms with van der Waals surface area (Å²) < 4.78 is 18.3. The van der Waals surface area contributed by atoms with Crippen molar-refractivity contribution in [2.24, 2.45) is 0 Å². The predicted octanol–water partition coefficient (Wildman–Crippen LogP) is 3.42. The van der Waals surface area contributed by atoms with E-state index in [4.69, 9.17) is 4.52 Å². The molecule has 0 spiro atoms. The lowest BCUT2D eigenvalue weighted by Crippen LogP contribution is -2.39. The number of aromatic nitrogens is 1. The Hall–Kier alpha value is -2.37. The van der Waals surface area contributed by atoms with E-state index in [1.807, 2.05) is 13.0 Å². The SMILES string of the molecule is CCc1cc(C2CCCN2C(=O)NCc2ccc(F)cc2)on1. The number of nitrogens with zero attached hydrogens (tertiary/aromatic N) is 2. The monoisotopic (exact) mass is 317 g/mol. The van der Waals surface area contributed by atoms with Gasteiger partial charge in [0, 0.05) is 19.2 Å². The summed E-state index contributed by atoms with van der Waals surface area (Å²) in [6.07, 6.45) is 2.63. The molecule has 2 heterocycles. The molecule has 0 saturated carbocycles. The first kappa shape index (κ1) is 15.5. The molecule has 1 aliphatic heterocycles. The van der Waals surface area contributed by atoms with Crippen LogP contribution in [0.4, 0.5) is 9.18 Å². The van der Waals surface area contributed by atoms with Crippen LogP contribution >= 0.6 is 0 Å². The highest BCUT2D eigenvalue weighted by molar-refractivity contribution is 5.75. The third-order valence-electron chi connectivity index (χ3n) is 4.14. The van der Waals surface area contributed by atoms with E-state index in [2.05, 4.69) is 10.5 Å². The van der Waals surface area contributed by atoms with E-state index in [1.54, 1.807) is 17.0 Å². The fraction of sp³-hybridized carbons (Fsp3) is 0.412. The van der Waals surface area contributed by atoms with Gasteiger partial charge in [0.2, 0.25) is 0 Å². The van der Waals surface area contributed by atoms with Crippen LogP contribution in [0.1, 0.15) is 42.8 Å². The van der Waals surface area contributed by atoms with Crippen LogP contribution in [0.2, 0.25) is 0 Å². The van der Waals surface area contributed by atoms with Gasteiger partial charge in [0.25, 0.3) is 0 Å². The van der Waals surface area contributed by atoms with Crippen LogP contribution in [-0.2, 0) is 13.0 Å². The van der Waals surface area contributed by atoms with Crippen LogP contribution in [0.5, 0.6) is 0 Å². The van der Waals surface area contributed by atoms with E-state index in [9.17, 15) is 9.18 Å². The predicted molar refractivity (Wildman–Crippen MR) is 83.2 cm³/mol. The van der Waals surface area contributed by atoms with Crippen molar-refractivity contribution in [2.45, 2.75) is 38.8 Å². The van der Waals surface area contributed by atoms with Gasteiger partial charge in [0.15, 0.2) is 5.76 Å². The highest BCUT2D eigenvalue weighted by Crippen LogP contribution is 2.32. The molecule has 23 heavy (non-hydrogen) atoms. The van der Waals surface area contributed by atoms with Gasteiger partial charge in [-0.05, 0) is 37.0 Å². The van der Waals surface area contributed by atoms with E-state index in [0.717, 1.165) is 36.3 Å². The maximum Gasteiger partial charge on any atom is 0.318 e. The number of benzene rings is 1. The number of carbonyl (C=O) groups is 1. The summed E-state index contributed by atoms with van der Waals surface area (Å²) in [6.45, 7) is 3.09. The molecular weight excluding hydrogens is 297 g/mol. The Kier molecular flexibility index (Phi) is 4.60. The van der Waals surface area contributed by atoms with Crippen LogP contribution in [-0.4, -0.2) is 22.6 Å². The average Bonchev–Trinajstić information content (AvgIpc) is 3.22. The quantitative estimate of drug-likeness (QED) is 0.940. The fourth-order valence-electron chi connectivity index (χ4n) is 2.84. The fourth-order valence-corrected chi connectivity index (χ4v) is 2.84. The van der Waals surface area contributed by atoms with E-state index in [1.165, 1.54) is 12.1 Å². The summed E-state index contributed by atoms with van der Waals surface area (Å²) in [5.41, 5.74) is 1.77. The lowest BCUT2D eigenvalue weighted by Gasteiger charge is -2.23. The van der Waals surface area contributed by atoms with E-state index >= 15 is 0 Å². The number of carbonyl (C=O) groups excluding carboxylic acids is 1. The second-order valence-electron chi connectivity index (χ2n) is 5.71. The average molecular weight is 317 g/mol. The molecule has 3 rings (SSSR count). The summed E-state index contributed by atoms with van der Waals surface area (Å²) in [5, 5.41) is 6.89. The second kappa shape index (κ2) is 6.81. The van der Waals surface area contributed by atoms with Gasteiger partial charge in [-0.1, -0.05) is 24.2 Å². The minimum atomic E-state index is -0.281. The number of nitrogens with one attached hydrogen (secondary N) is 1. The lowest BCUT2D eigenvalue weighted by atomic mass is 10.1. The Balaban J connectivity index is 1.62. The topological polar surface area (TPSA) is 58.4 Å². The number of likely N-dealkylation sites (tertiary alicyclic amines) is 1. The summed E-state index contributed by atoms with van der Waals surface area (Å²) >= 11 is 0. The van der Waals surface area contributed by atoms with Crippen LogP contribution < -0.4 is 5.32 Å². The van der Waals surface area contributed by atoms with Crippen molar-refractivity contribution in [1.29, 1.82) is 0 Å². The molecule has 0 aliphatic carbocycles. The molecule has 0 bridgehead atoms. The minimum Gasteiger partial charge on any atom is -0.359 e. The second-order valence-corrected chi connectivity index (χ2v) is 5.71. The largest absolute Gasteiger partial charge is 0.359 e. The first-order valence-corrected chi connectivity index (χ1v) is 7.91. The Morgan fingerprint density at radius 1 is 1.43 bits per heavy atom. The van der Waals surface area contributed by atoms with Crippen molar-refractivity contribution in [3.05, 3.63) is 53.2 Å². The lowest BCUT2D eigenvalue weighted by molar-refractivity contribution is 0.182. The number of hydrogen-bond acceptors (Lipinski definition) is 3. The third-order valence-corrected chi connectivity index (χ3v) is 4.14. The first-order valence-electron chi connectivity index (χ1n) is 7.91. The van der Waals surface area contributed by atoms with Gasteiger partial charge >= 0.3 is 6.03 Å². The first-order chi connectivity index (χ1) is 11.2. The molecule has 1 atom stereocenters. The van der Waals surface area contributed by atoms with Crippen LogP contribution in [0.15, 0.2) is 34.9 Å². The molecule has 1 fully saturated rings. The maximum absolute atomic E-state index is 12.9. The van der Waals surface area contributed by atoms with Crippen molar-refractivity contribution < 1.29 is 13.7 Å². The number of urea groups is 1. The minimum absolute atomic E-state index is 0.0592. The molecule has 1 aromatic heterocycles. The van der Waals surface area contributed by atoms with Crippen LogP contribution in [0.25, 0.3) is 0 Å². The van der Waals surface area contributed by atoms with Crippen molar-refractivity contribution in [1.82, 2.24) is 15.4 Å². The molecule has 122 valence electrons. The van der Waals surface area contributed by atoms with Crippen molar-refractivity contribution in [3.8, 4) is 0 Å². The van der Waals surface area contributed by atoms with Gasteiger partial charge in [-0.25, -0.2) is 9.18 Å². The maximum atomic E-state index is 12.9. The van der Waals surface area contributed by atoms with Gasteiger partial charge in [-0.3, -0.25) is 0 Å². The molecule has 2 amide bonds. The van der Waals surface area contributed by atoms with E-state index < -0.39 is 0 Å². The standard InChI is InChI=1S/C17H20FN3O2/c1-2-14-10-16(23-20-14)15-4-3-9-21(15)17(22)19-11-12-5-7-13(18)8-6-12/h5-8,10,15H,2-4,9,11H2,1H3,(H,19,22). The van der Waals surface area contributed by atoms with Gasteiger partial charge in [-0.2, -0.15) is 0 Å². The zero-order valence-corrected chi connectivity index (χ0v) is 13.1. The highest BCUT2D eigenvalue weighted by Gasteiger charge is 2.32. The molecule has 1 aromatic carbocycles. The van der Waals surface area contributed by atoms with Crippen molar-refractivity contribution in [2.75, 3.05) is 6.54 Å².